The van der Waals surface area contributed by atoms with Gasteiger partial charge in [-0.25, -0.2) is 0 Å². The van der Waals surface area contributed by atoms with Gasteiger partial charge in [0.2, 0.25) is 5.91 Å². The van der Waals surface area contributed by atoms with Gasteiger partial charge in [0, 0.05) is 25.4 Å². The van der Waals surface area contributed by atoms with Crippen LogP contribution >= 0.6 is 0 Å². The molecule has 2 rings (SSSR count). The quantitative estimate of drug-likeness (QED) is 0.903. The largest absolute Gasteiger partial charge is 0.352 e. The molecule has 3 nitrogen and oxygen atoms in total. The van der Waals surface area contributed by atoms with Crippen molar-refractivity contribution in [1.82, 2.24) is 10.3 Å². The molecule has 20 heavy (non-hydrogen) atoms. The lowest BCUT2D eigenvalue weighted by molar-refractivity contribution is -0.121. The van der Waals surface area contributed by atoms with Gasteiger partial charge in [-0.1, -0.05) is 44.2 Å². The summed E-state index contributed by atoms with van der Waals surface area (Å²) in [4.78, 5) is 15.7. The van der Waals surface area contributed by atoms with Crippen molar-refractivity contribution in [2.45, 2.75) is 26.8 Å². The zero-order valence-electron chi connectivity index (χ0n) is 12.0. The highest BCUT2D eigenvalue weighted by Crippen LogP contribution is 2.18. The summed E-state index contributed by atoms with van der Waals surface area (Å²) < 4.78 is 0. The average Bonchev–Trinajstić information content (AvgIpc) is 2.46. The van der Waals surface area contributed by atoms with Gasteiger partial charge in [0.25, 0.3) is 0 Å². The molecule has 0 aliphatic carbocycles. The molecule has 1 aromatic carbocycles. The molecule has 0 atom stereocenters. The Labute approximate surface area is 120 Å². The van der Waals surface area contributed by atoms with Crippen LogP contribution in [0, 0.1) is 5.92 Å². The van der Waals surface area contributed by atoms with Gasteiger partial charge in [0.05, 0.1) is 0 Å². The molecule has 1 heterocycles. The number of hydrogen-bond donors (Lipinski definition) is 1. The Morgan fingerprint density at radius 3 is 2.50 bits per heavy atom. The molecule has 0 bridgehead atoms. The number of hydrogen-bond acceptors (Lipinski definition) is 2. The third-order valence-electron chi connectivity index (χ3n) is 3.03. The summed E-state index contributed by atoms with van der Waals surface area (Å²) in [5.74, 6) is 0.499. The molecule has 1 N–H and O–H groups in total. The van der Waals surface area contributed by atoms with Crippen molar-refractivity contribution in [3.8, 4) is 11.1 Å². The van der Waals surface area contributed by atoms with Crippen molar-refractivity contribution < 1.29 is 4.79 Å². The number of nitrogens with zero attached hydrogens (tertiary/aromatic N) is 1. The summed E-state index contributed by atoms with van der Waals surface area (Å²) in [7, 11) is 0. The normalized spacial score (nSPS) is 10.6. The highest BCUT2D eigenvalue weighted by atomic mass is 16.1. The van der Waals surface area contributed by atoms with Gasteiger partial charge in [-0.15, -0.1) is 0 Å². The number of pyridine rings is 1. The lowest BCUT2D eigenvalue weighted by Crippen LogP contribution is -2.23. The lowest BCUT2D eigenvalue weighted by Gasteiger charge is -2.08. The van der Waals surface area contributed by atoms with Crippen LogP contribution in [0.1, 0.15) is 25.8 Å². The molecule has 0 saturated carbocycles. The monoisotopic (exact) mass is 268 g/mol. The van der Waals surface area contributed by atoms with Crippen LogP contribution in [0.4, 0.5) is 0 Å². The van der Waals surface area contributed by atoms with Crippen LogP contribution in [0.25, 0.3) is 11.1 Å². The van der Waals surface area contributed by atoms with Crippen molar-refractivity contribution in [2.24, 2.45) is 5.92 Å². The summed E-state index contributed by atoms with van der Waals surface area (Å²) >= 11 is 0. The third-order valence-corrected chi connectivity index (χ3v) is 3.03. The summed E-state index contributed by atoms with van der Waals surface area (Å²) in [5.41, 5.74) is 3.34. The second-order valence-electron chi connectivity index (χ2n) is 5.31. The van der Waals surface area contributed by atoms with E-state index in [9.17, 15) is 4.79 Å². The molecule has 0 saturated heterocycles. The van der Waals surface area contributed by atoms with Crippen LogP contribution in [0.2, 0.25) is 0 Å². The first-order valence-corrected chi connectivity index (χ1v) is 6.91. The number of rotatable bonds is 5. The minimum atomic E-state index is 0.108. The van der Waals surface area contributed by atoms with Crippen LogP contribution in [0.3, 0.4) is 0 Å². The molecule has 0 fully saturated rings. The van der Waals surface area contributed by atoms with E-state index in [0.29, 0.717) is 18.9 Å². The Morgan fingerprint density at radius 1 is 1.15 bits per heavy atom. The second kappa shape index (κ2) is 6.85. The smallest absolute Gasteiger partial charge is 0.220 e. The number of amides is 1. The van der Waals surface area contributed by atoms with E-state index < -0.39 is 0 Å². The Kier molecular flexibility index (Phi) is 4.88. The number of carbonyl (C=O) groups is 1. The zero-order chi connectivity index (χ0) is 14.4. The Bertz CT molecular complexity index is 547. The minimum absolute atomic E-state index is 0.108. The SMILES string of the molecule is CC(C)CC(=O)NCc1ccc(-c2cccnc2)cc1. The van der Waals surface area contributed by atoms with Crippen molar-refractivity contribution in [1.29, 1.82) is 0 Å². The second-order valence-corrected chi connectivity index (χ2v) is 5.31. The van der Waals surface area contributed by atoms with Crippen molar-refractivity contribution in [3.05, 3.63) is 54.4 Å². The Balaban J connectivity index is 1.94. The summed E-state index contributed by atoms with van der Waals surface area (Å²) in [6.07, 6.45) is 4.19. The standard InChI is InChI=1S/C17H20N2O/c1-13(2)10-17(20)19-11-14-5-7-15(8-6-14)16-4-3-9-18-12-16/h3-9,12-13H,10-11H2,1-2H3,(H,19,20). The van der Waals surface area contributed by atoms with Crippen molar-refractivity contribution in [3.63, 3.8) is 0 Å². The van der Waals surface area contributed by atoms with Crippen molar-refractivity contribution >= 4 is 5.91 Å². The molecule has 0 unspecified atom stereocenters. The van der Waals surface area contributed by atoms with E-state index >= 15 is 0 Å². The highest BCUT2D eigenvalue weighted by molar-refractivity contribution is 5.76. The molecule has 0 spiro atoms. The molecule has 3 heteroatoms. The molecule has 104 valence electrons. The highest BCUT2D eigenvalue weighted by Gasteiger charge is 2.04. The molecule has 0 radical (unpaired) electrons. The predicted octanol–water partition coefficient (Wildman–Crippen LogP) is 3.41. The first-order chi connectivity index (χ1) is 9.65. The molecule has 0 aliphatic rings. The summed E-state index contributed by atoms with van der Waals surface area (Å²) in [6.45, 7) is 4.67. The number of carbonyl (C=O) groups excluding carboxylic acids is 1. The van der Waals surface area contributed by atoms with E-state index in [2.05, 4.69) is 22.4 Å². The summed E-state index contributed by atoms with van der Waals surface area (Å²) in [5, 5.41) is 2.94. The predicted molar refractivity (Wildman–Crippen MR) is 81.0 cm³/mol. The fraction of sp³-hybridized carbons (Fsp3) is 0.294. The maximum absolute atomic E-state index is 11.6. The van der Waals surface area contributed by atoms with E-state index in [0.717, 1.165) is 16.7 Å². The van der Waals surface area contributed by atoms with Crippen LogP contribution in [-0.2, 0) is 11.3 Å². The molecule has 1 aromatic heterocycles. The topological polar surface area (TPSA) is 42.0 Å². The molecule has 1 amide bonds. The molecular formula is C17H20N2O. The zero-order valence-corrected chi connectivity index (χ0v) is 12.0. The fourth-order valence-corrected chi connectivity index (χ4v) is 1.99. The van der Waals surface area contributed by atoms with Gasteiger partial charge in [-0.05, 0) is 28.7 Å². The van der Waals surface area contributed by atoms with Gasteiger partial charge in [-0.3, -0.25) is 9.78 Å². The van der Waals surface area contributed by atoms with Crippen LogP contribution in [0.15, 0.2) is 48.8 Å². The Morgan fingerprint density at radius 2 is 1.90 bits per heavy atom. The van der Waals surface area contributed by atoms with Gasteiger partial charge < -0.3 is 5.32 Å². The minimum Gasteiger partial charge on any atom is -0.352 e. The maximum Gasteiger partial charge on any atom is 0.220 e. The van der Waals surface area contributed by atoms with Gasteiger partial charge >= 0.3 is 0 Å². The van der Waals surface area contributed by atoms with E-state index in [4.69, 9.17) is 0 Å². The number of nitrogens with one attached hydrogen (secondary N) is 1. The van der Waals surface area contributed by atoms with E-state index in [1.54, 1.807) is 6.20 Å². The molecule has 0 aliphatic heterocycles. The molecular weight excluding hydrogens is 248 g/mol. The summed E-state index contributed by atoms with van der Waals surface area (Å²) in [6, 6.07) is 12.2. The molecule has 2 aromatic rings. The van der Waals surface area contributed by atoms with Crippen LogP contribution < -0.4 is 5.32 Å². The average molecular weight is 268 g/mol. The first-order valence-electron chi connectivity index (χ1n) is 6.91. The van der Waals surface area contributed by atoms with Crippen LogP contribution in [-0.4, -0.2) is 10.9 Å². The van der Waals surface area contributed by atoms with E-state index in [-0.39, 0.29) is 5.91 Å². The first kappa shape index (κ1) is 14.3. The number of aromatic nitrogens is 1. The lowest BCUT2D eigenvalue weighted by atomic mass is 10.1. The van der Waals surface area contributed by atoms with E-state index in [1.165, 1.54) is 0 Å². The number of benzene rings is 1. The van der Waals surface area contributed by atoms with Crippen molar-refractivity contribution in [2.75, 3.05) is 0 Å². The fourth-order valence-electron chi connectivity index (χ4n) is 1.99. The Hall–Kier alpha value is -2.16. The van der Waals surface area contributed by atoms with E-state index in [1.807, 2.05) is 44.3 Å². The van der Waals surface area contributed by atoms with Gasteiger partial charge in [-0.2, -0.15) is 0 Å². The third kappa shape index (κ3) is 4.19. The van der Waals surface area contributed by atoms with Crippen LogP contribution in [0.5, 0.6) is 0 Å². The van der Waals surface area contributed by atoms with Gasteiger partial charge in [0.15, 0.2) is 0 Å². The maximum atomic E-state index is 11.6. The van der Waals surface area contributed by atoms with Gasteiger partial charge in [0.1, 0.15) is 0 Å².